The van der Waals surface area contributed by atoms with E-state index in [9.17, 15) is 8.42 Å². The molecule has 0 unspecified atom stereocenters. The van der Waals surface area contributed by atoms with Gasteiger partial charge in [-0.3, -0.25) is 0 Å². The second-order valence-electron chi connectivity index (χ2n) is 6.75. The van der Waals surface area contributed by atoms with Gasteiger partial charge >= 0.3 is 0 Å². The van der Waals surface area contributed by atoms with E-state index in [1.165, 1.54) is 10.6 Å². The van der Waals surface area contributed by atoms with Gasteiger partial charge in [0, 0.05) is 18.3 Å². The van der Waals surface area contributed by atoms with Crippen LogP contribution in [0.1, 0.15) is 30.3 Å². The monoisotopic (exact) mass is 383 g/mol. The average Bonchev–Trinajstić information content (AvgIpc) is 3.29. The number of pyridine rings is 1. The molecule has 3 aromatic rings. The molecule has 1 atom stereocenters. The van der Waals surface area contributed by atoms with Crippen LogP contribution >= 0.6 is 0 Å². The molecule has 0 saturated carbocycles. The van der Waals surface area contributed by atoms with Gasteiger partial charge in [-0.25, -0.2) is 18.4 Å². The summed E-state index contributed by atoms with van der Waals surface area (Å²) in [5.41, 5.74) is 1.84. The third-order valence-corrected chi connectivity index (χ3v) is 6.06. The van der Waals surface area contributed by atoms with Crippen molar-refractivity contribution in [2.24, 2.45) is 0 Å². The minimum Gasteiger partial charge on any atom is -0.237 e. The van der Waals surface area contributed by atoms with E-state index in [1.54, 1.807) is 10.9 Å². The van der Waals surface area contributed by atoms with Crippen LogP contribution in [0.25, 0.3) is 17.2 Å². The number of hydrogen-bond donors (Lipinski definition) is 0. The second-order valence-corrected chi connectivity index (χ2v) is 8.68. The van der Waals surface area contributed by atoms with Gasteiger partial charge in [0.2, 0.25) is 10.0 Å². The summed E-state index contributed by atoms with van der Waals surface area (Å²) in [6, 6.07) is 13.2. The summed E-state index contributed by atoms with van der Waals surface area (Å²) in [5, 5.41) is 4.69. The minimum atomic E-state index is -3.33. The van der Waals surface area contributed by atoms with Crippen molar-refractivity contribution < 1.29 is 8.42 Å². The maximum Gasteiger partial charge on any atom is 0.211 e. The van der Waals surface area contributed by atoms with Gasteiger partial charge in [0.1, 0.15) is 0 Å². The van der Waals surface area contributed by atoms with Crippen molar-refractivity contribution >= 4 is 10.0 Å². The van der Waals surface area contributed by atoms with E-state index in [1.807, 2.05) is 49.4 Å². The molecule has 1 aliphatic heterocycles. The summed E-state index contributed by atoms with van der Waals surface area (Å²) in [6.07, 6.45) is 4.47. The first-order chi connectivity index (χ1) is 12.9. The Bertz CT molecular complexity index is 1060. The Balaban J connectivity index is 1.89. The predicted octanol–water partition coefficient (Wildman–Crippen LogP) is 2.73. The Kier molecular flexibility index (Phi) is 4.53. The molecule has 4 rings (SSSR count). The van der Waals surface area contributed by atoms with Crippen molar-refractivity contribution in [3.8, 4) is 17.2 Å². The second kappa shape index (κ2) is 6.86. The number of hydrogen-bond acceptors (Lipinski definition) is 5. The highest BCUT2D eigenvalue weighted by molar-refractivity contribution is 7.88. The van der Waals surface area contributed by atoms with Crippen LogP contribution in [0.2, 0.25) is 0 Å². The highest BCUT2D eigenvalue weighted by Crippen LogP contribution is 2.35. The highest BCUT2D eigenvalue weighted by atomic mass is 32.2. The molecule has 0 spiro atoms. The number of nitrogens with zero attached hydrogens (tertiary/aromatic N) is 5. The zero-order valence-corrected chi connectivity index (χ0v) is 16.1. The average molecular weight is 383 g/mol. The maximum absolute atomic E-state index is 12.3. The predicted molar refractivity (Wildman–Crippen MR) is 103 cm³/mol. The Morgan fingerprint density at radius 3 is 2.59 bits per heavy atom. The first kappa shape index (κ1) is 17.8. The number of aryl methyl sites for hydroxylation is 1. The lowest BCUT2D eigenvalue weighted by atomic mass is 10.2. The van der Waals surface area contributed by atoms with Gasteiger partial charge in [-0.2, -0.15) is 8.99 Å². The van der Waals surface area contributed by atoms with Gasteiger partial charge in [0.15, 0.2) is 17.5 Å². The van der Waals surface area contributed by atoms with Crippen molar-refractivity contribution in [2.75, 3.05) is 12.8 Å². The molecule has 1 aromatic carbocycles. The molecule has 1 aliphatic rings. The fraction of sp³-hybridized carbons (Fsp3) is 0.316. The molecule has 1 saturated heterocycles. The van der Waals surface area contributed by atoms with E-state index < -0.39 is 10.0 Å². The SMILES string of the molecule is Cc1cccnc1-n1nc(-c2ccccc2)nc1[C@H]1CCCN1S(C)(=O)=O. The molecule has 0 aliphatic carbocycles. The summed E-state index contributed by atoms with van der Waals surface area (Å²) in [6.45, 7) is 2.46. The van der Waals surface area contributed by atoms with Crippen LogP contribution in [0.15, 0.2) is 48.7 Å². The number of aromatic nitrogens is 4. The quantitative estimate of drug-likeness (QED) is 0.692. The Labute approximate surface area is 158 Å². The third kappa shape index (κ3) is 3.38. The topological polar surface area (TPSA) is 81.0 Å². The summed E-state index contributed by atoms with van der Waals surface area (Å²) in [5.74, 6) is 1.84. The van der Waals surface area contributed by atoms with Crippen LogP contribution in [0.4, 0.5) is 0 Å². The van der Waals surface area contributed by atoms with Crippen molar-refractivity contribution in [3.63, 3.8) is 0 Å². The molecule has 1 fully saturated rings. The van der Waals surface area contributed by atoms with Gasteiger partial charge in [-0.05, 0) is 31.4 Å². The molecule has 0 bridgehead atoms. The minimum absolute atomic E-state index is 0.341. The van der Waals surface area contributed by atoms with Gasteiger partial charge in [0.25, 0.3) is 0 Å². The lowest BCUT2D eigenvalue weighted by Gasteiger charge is -2.21. The molecular formula is C19H21N5O2S. The van der Waals surface area contributed by atoms with Crippen LogP contribution in [0.3, 0.4) is 0 Å². The zero-order valence-electron chi connectivity index (χ0n) is 15.3. The van der Waals surface area contributed by atoms with E-state index in [2.05, 4.69) is 4.98 Å². The van der Waals surface area contributed by atoms with Gasteiger partial charge in [-0.15, -0.1) is 5.10 Å². The number of benzene rings is 1. The van der Waals surface area contributed by atoms with E-state index in [0.717, 1.165) is 17.5 Å². The van der Waals surface area contributed by atoms with E-state index in [4.69, 9.17) is 10.1 Å². The molecule has 27 heavy (non-hydrogen) atoms. The van der Waals surface area contributed by atoms with Crippen molar-refractivity contribution in [3.05, 3.63) is 60.0 Å². The molecule has 7 nitrogen and oxygen atoms in total. The molecular weight excluding hydrogens is 362 g/mol. The molecule has 3 heterocycles. The molecule has 0 radical (unpaired) electrons. The third-order valence-electron chi connectivity index (χ3n) is 4.77. The summed E-state index contributed by atoms with van der Waals surface area (Å²) in [7, 11) is -3.33. The summed E-state index contributed by atoms with van der Waals surface area (Å²) in [4.78, 5) is 9.22. The van der Waals surface area contributed by atoms with Crippen LogP contribution in [0, 0.1) is 6.92 Å². The molecule has 2 aromatic heterocycles. The van der Waals surface area contributed by atoms with Crippen LogP contribution in [-0.4, -0.2) is 45.3 Å². The Hall–Kier alpha value is -2.58. The zero-order chi connectivity index (χ0) is 19.0. The fourth-order valence-corrected chi connectivity index (χ4v) is 4.62. The van der Waals surface area contributed by atoms with Crippen molar-refractivity contribution in [2.45, 2.75) is 25.8 Å². The number of rotatable bonds is 4. The number of sulfonamides is 1. The van der Waals surface area contributed by atoms with Crippen LogP contribution < -0.4 is 0 Å². The molecule has 0 amide bonds. The lowest BCUT2D eigenvalue weighted by Crippen LogP contribution is -2.31. The maximum atomic E-state index is 12.3. The first-order valence-corrected chi connectivity index (χ1v) is 10.7. The molecule has 140 valence electrons. The van der Waals surface area contributed by atoms with Gasteiger partial charge in [0.05, 0.1) is 12.3 Å². The highest BCUT2D eigenvalue weighted by Gasteiger charge is 2.36. The van der Waals surface area contributed by atoms with Crippen molar-refractivity contribution in [1.29, 1.82) is 0 Å². The normalized spacial score (nSPS) is 18.1. The Morgan fingerprint density at radius 1 is 1.11 bits per heavy atom. The largest absolute Gasteiger partial charge is 0.237 e. The molecule has 8 heteroatoms. The van der Waals surface area contributed by atoms with Crippen LogP contribution in [0.5, 0.6) is 0 Å². The summed E-state index contributed by atoms with van der Waals surface area (Å²) >= 11 is 0. The first-order valence-electron chi connectivity index (χ1n) is 8.86. The van der Waals surface area contributed by atoms with E-state index in [0.29, 0.717) is 30.4 Å². The van der Waals surface area contributed by atoms with E-state index in [-0.39, 0.29) is 6.04 Å². The van der Waals surface area contributed by atoms with E-state index >= 15 is 0 Å². The van der Waals surface area contributed by atoms with Crippen molar-refractivity contribution in [1.82, 2.24) is 24.1 Å². The van der Waals surface area contributed by atoms with Crippen LogP contribution in [-0.2, 0) is 10.0 Å². The Morgan fingerprint density at radius 2 is 1.89 bits per heavy atom. The standard InChI is InChI=1S/C19H21N5O2S/c1-14-8-6-12-20-18(14)24-19(16-11-7-13-23(16)27(2,25)26)21-17(22-24)15-9-4-3-5-10-15/h3-6,8-10,12,16H,7,11,13H2,1-2H3/t16-/m1/s1. The van der Waals surface area contributed by atoms with Gasteiger partial charge in [-0.1, -0.05) is 36.4 Å². The smallest absolute Gasteiger partial charge is 0.211 e. The molecule has 0 N–H and O–H groups in total. The van der Waals surface area contributed by atoms with Gasteiger partial charge < -0.3 is 0 Å². The fourth-order valence-electron chi connectivity index (χ4n) is 3.50. The summed E-state index contributed by atoms with van der Waals surface area (Å²) < 4.78 is 27.7. The lowest BCUT2D eigenvalue weighted by molar-refractivity contribution is 0.381.